The van der Waals surface area contributed by atoms with Gasteiger partial charge in [0, 0.05) is 18.1 Å². The van der Waals surface area contributed by atoms with Crippen molar-refractivity contribution in [3.8, 4) is 5.69 Å². The van der Waals surface area contributed by atoms with Crippen LogP contribution in [0.1, 0.15) is 18.1 Å². The lowest BCUT2D eigenvalue weighted by Crippen LogP contribution is -2.23. The van der Waals surface area contributed by atoms with Crippen molar-refractivity contribution in [2.45, 2.75) is 31.2 Å². The molecule has 3 aromatic rings. The molecule has 0 aliphatic heterocycles. The number of imidazole rings is 1. The van der Waals surface area contributed by atoms with Crippen molar-refractivity contribution < 1.29 is 9.18 Å². The van der Waals surface area contributed by atoms with Crippen LogP contribution < -0.4 is 5.32 Å². The standard InChI is InChI=1S/C20H20FN3OS/c1-13-6-4-7-14(2)18(13)23-19(25)15(3)26-20-22-10-11-24(20)17-9-5-8-16(21)12-17/h4-12,15H,1-3H3,(H,23,25). The first-order valence-electron chi connectivity index (χ1n) is 8.28. The molecule has 26 heavy (non-hydrogen) atoms. The molecule has 2 aromatic carbocycles. The summed E-state index contributed by atoms with van der Waals surface area (Å²) in [7, 11) is 0. The molecule has 1 aromatic heterocycles. The zero-order chi connectivity index (χ0) is 18.7. The summed E-state index contributed by atoms with van der Waals surface area (Å²) in [6.45, 7) is 5.77. The van der Waals surface area contributed by atoms with Gasteiger partial charge in [-0.25, -0.2) is 9.37 Å². The first-order chi connectivity index (χ1) is 12.5. The van der Waals surface area contributed by atoms with Gasteiger partial charge in [0.2, 0.25) is 5.91 Å². The van der Waals surface area contributed by atoms with E-state index in [9.17, 15) is 9.18 Å². The molecular weight excluding hydrogens is 349 g/mol. The Morgan fingerprint density at radius 2 is 1.88 bits per heavy atom. The average molecular weight is 369 g/mol. The van der Waals surface area contributed by atoms with Gasteiger partial charge in [-0.3, -0.25) is 9.36 Å². The van der Waals surface area contributed by atoms with E-state index in [2.05, 4.69) is 10.3 Å². The van der Waals surface area contributed by atoms with E-state index in [1.807, 2.05) is 39.0 Å². The van der Waals surface area contributed by atoms with Crippen LogP contribution in [0, 0.1) is 19.7 Å². The normalized spacial score (nSPS) is 12.0. The van der Waals surface area contributed by atoms with E-state index >= 15 is 0 Å². The van der Waals surface area contributed by atoms with E-state index in [4.69, 9.17) is 0 Å². The van der Waals surface area contributed by atoms with E-state index in [1.54, 1.807) is 29.1 Å². The van der Waals surface area contributed by atoms with Gasteiger partial charge in [0.25, 0.3) is 0 Å². The molecule has 0 aliphatic carbocycles. The molecule has 3 rings (SSSR count). The van der Waals surface area contributed by atoms with E-state index in [-0.39, 0.29) is 17.0 Å². The molecule has 0 fully saturated rings. The summed E-state index contributed by atoms with van der Waals surface area (Å²) in [5.74, 6) is -0.408. The van der Waals surface area contributed by atoms with Crippen LogP contribution in [0.25, 0.3) is 5.69 Å². The highest BCUT2D eigenvalue weighted by Crippen LogP contribution is 2.27. The van der Waals surface area contributed by atoms with Gasteiger partial charge in [-0.1, -0.05) is 36.0 Å². The molecule has 134 valence electrons. The monoisotopic (exact) mass is 369 g/mol. The van der Waals surface area contributed by atoms with E-state index in [0.29, 0.717) is 10.8 Å². The summed E-state index contributed by atoms with van der Waals surface area (Å²) in [5, 5.41) is 3.28. The van der Waals surface area contributed by atoms with Crippen molar-refractivity contribution in [2.24, 2.45) is 0 Å². The summed E-state index contributed by atoms with van der Waals surface area (Å²) in [4.78, 5) is 16.9. The number of hydrogen-bond acceptors (Lipinski definition) is 3. The van der Waals surface area contributed by atoms with Gasteiger partial charge in [-0.15, -0.1) is 0 Å². The third-order valence-corrected chi connectivity index (χ3v) is 5.15. The van der Waals surface area contributed by atoms with Crippen LogP contribution >= 0.6 is 11.8 Å². The second kappa shape index (κ2) is 7.74. The number of benzene rings is 2. The molecule has 0 saturated heterocycles. The molecular formula is C20H20FN3OS. The van der Waals surface area contributed by atoms with Crippen molar-refractivity contribution in [3.05, 3.63) is 71.8 Å². The average Bonchev–Trinajstić information content (AvgIpc) is 3.06. The minimum atomic E-state index is -0.358. The lowest BCUT2D eigenvalue weighted by Gasteiger charge is -2.16. The number of rotatable bonds is 5. The zero-order valence-electron chi connectivity index (χ0n) is 14.9. The van der Waals surface area contributed by atoms with Crippen LogP contribution in [0.2, 0.25) is 0 Å². The highest BCUT2D eigenvalue weighted by Gasteiger charge is 2.19. The maximum Gasteiger partial charge on any atom is 0.237 e. The number of nitrogens with one attached hydrogen (secondary N) is 1. The Kier molecular flexibility index (Phi) is 5.42. The first kappa shape index (κ1) is 18.2. The van der Waals surface area contributed by atoms with Crippen molar-refractivity contribution in [2.75, 3.05) is 5.32 Å². The van der Waals surface area contributed by atoms with E-state index < -0.39 is 0 Å². The Balaban J connectivity index is 1.76. The third-order valence-electron chi connectivity index (χ3n) is 4.07. The van der Waals surface area contributed by atoms with Gasteiger partial charge in [0.15, 0.2) is 5.16 Å². The predicted octanol–water partition coefficient (Wildman–Crippen LogP) is 4.75. The number of halogens is 1. The molecule has 1 heterocycles. The molecule has 0 spiro atoms. The van der Waals surface area contributed by atoms with E-state index in [0.717, 1.165) is 16.8 Å². The summed E-state index contributed by atoms with van der Waals surface area (Å²) in [5.41, 5.74) is 3.57. The molecule has 1 amide bonds. The Bertz CT molecular complexity index is 918. The van der Waals surface area contributed by atoms with Crippen molar-refractivity contribution in [1.82, 2.24) is 9.55 Å². The largest absolute Gasteiger partial charge is 0.325 e. The number of aryl methyl sites for hydroxylation is 2. The maximum absolute atomic E-state index is 13.5. The minimum Gasteiger partial charge on any atom is -0.325 e. The fraction of sp³-hybridized carbons (Fsp3) is 0.200. The Morgan fingerprint density at radius 3 is 2.58 bits per heavy atom. The molecule has 4 nitrogen and oxygen atoms in total. The molecule has 1 unspecified atom stereocenters. The Hall–Kier alpha value is -2.60. The molecule has 6 heteroatoms. The van der Waals surface area contributed by atoms with Crippen molar-refractivity contribution in [1.29, 1.82) is 0 Å². The number of para-hydroxylation sites is 1. The smallest absolute Gasteiger partial charge is 0.237 e. The second-order valence-corrected chi connectivity index (χ2v) is 7.38. The topological polar surface area (TPSA) is 46.9 Å². The lowest BCUT2D eigenvalue weighted by atomic mass is 10.1. The van der Waals surface area contributed by atoms with Crippen LogP contribution in [0.4, 0.5) is 10.1 Å². The molecule has 0 aliphatic rings. The number of carbonyl (C=O) groups excluding carboxylic acids is 1. The number of thioether (sulfide) groups is 1. The highest BCUT2D eigenvalue weighted by molar-refractivity contribution is 8.00. The van der Waals surface area contributed by atoms with Crippen LogP contribution in [0.5, 0.6) is 0 Å². The number of carbonyl (C=O) groups is 1. The van der Waals surface area contributed by atoms with Crippen LogP contribution in [0.3, 0.4) is 0 Å². The van der Waals surface area contributed by atoms with Gasteiger partial charge in [-0.05, 0) is 50.1 Å². The predicted molar refractivity (Wildman–Crippen MR) is 103 cm³/mol. The number of aromatic nitrogens is 2. The third kappa shape index (κ3) is 3.96. The summed E-state index contributed by atoms with van der Waals surface area (Å²) in [6.07, 6.45) is 3.40. The lowest BCUT2D eigenvalue weighted by molar-refractivity contribution is -0.115. The zero-order valence-corrected chi connectivity index (χ0v) is 15.7. The molecule has 0 bridgehead atoms. The fourth-order valence-corrected chi connectivity index (χ4v) is 3.53. The molecule has 0 radical (unpaired) electrons. The van der Waals surface area contributed by atoms with Crippen molar-refractivity contribution in [3.63, 3.8) is 0 Å². The summed E-state index contributed by atoms with van der Waals surface area (Å²) in [6, 6.07) is 12.2. The van der Waals surface area contributed by atoms with Gasteiger partial charge >= 0.3 is 0 Å². The van der Waals surface area contributed by atoms with E-state index in [1.165, 1.54) is 23.9 Å². The molecule has 1 N–H and O–H groups in total. The number of nitrogens with zero attached hydrogens (tertiary/aromatic N) is 2. The summed E-state index contributed by atoms with van der Waals surface area (Å²) < 4.78 is 15.3. The Labute approximate surface area is 156 Å². The summed E-state index contributed by atoms with van der Waals surface area (Å²) >= 11 is 1.33. The maximum atomic E-state index is 13.5. The second-order valence-electron chi connectivity index (χ2n) is 6.08. The van der Waals surface area contributed by atoms with Gasteiger partial charge in [0.1, 0.15) is 5.82 Å². The van der Waals surface area contributed by atoms with Crippen LogP contribution in [-0.2, 0) is 4.79 Å². The van der Waals surface area contributed by atoms with Crippen molar-refractivity contribution >= 4 is 23.4 Å². The minimum absolute atomic E-state index is 0.0961. The van der Waals surface area contributed by atoms with Gasteiger partial charge < -0.3 is 5.32 Å². The molecule has 0 saturated carbocycles. The van der Waals surface area contributed by atoms with Gasteiger partial charge in [-0.2, -0.15) is 0 Å². The molecule has 1 atom stereocenters. The Morgan fingerprint density at radius 1 is 1.19 bits per heavy atom. The number of hydrogen-bond donors (Lipinski definition) is 1. The highest BCUT2D eigenvalue weighted by atomic mass is 32.2. The van der Waals surface area contributed by atoms with Crippen LogP contribution in [-0.4, -0.2) is 20.7 Å². The fourth-order valence-electron chi connectivity index (χ4n) is 2.65. The first-order valence-corrected chi connectivity index (χ1v) is 9.16. The quantitative estimate of drug-likeness (QED) is 0.660. The van der Waals surface area contributed by atoms with Gasteiger partial charge in [0.05, 0.1) is 10.9 Å². The number of amides is 1. The van der Waals surface area contributed by atoms with Crippen LogP contribution in [0.15, 0.2) is 60.0 Å². The SMILES string of the molecule is Cc1cccc(C)c1NC(=O)C(C)Sc1nccn1-c1cccc(F)c1. The number of anilines is 1.